The second kappa shape index (κ2) is 3.94. The molecule has 0 aromatic rings. The molecule has 3 heteroatoms. The van der Waals surface area contributed by atoms with Crippen LogP contribution < -0.4 is 0 Å². The first-order valence-corrected chi connectivity index (χ1v) is 6.40. The van der Waals surface area contributed by atoms with Gasteiger partial charge in [0, 0.05) is 12.1 Å². The summed E-state index contributed by atoms with van der Waals surface area (Å²) >= 11 is 0. The third-order valence-corrected chi connectivity index (χ3v) is 3.70. The molecule has 3 unspecified atom stereocenters. The van der Waals surface area contributed by atoms with Crippen LogP contribution in [0.4, 0.5) is 4.79 Å². The van der Waals surface area contributed by atoms with E-state index in [1.165, 1.54) is 12.8 Å². The number of ether oxygens (including phenoxy) is 1. The minimum absolute atomic E-state index is 0.116. The van der Waals surface area contributed by atoms with E-state index in [-0.39, 0.29) is 11.7 Å². The summed E-state index contributed by atoms with van der Waals surface area (Å²) in [5, 5.41) is 0. The lowest BCUT2D eigenvalue weighted by molar-refractivity contribution is 0.0154. The highest BCUT2D eigenvalue weighted by Crippen LogP contribution is 2.41. The van der Waals surface area contributed by atoms with Crippen molar-refractivity contribution in [1.82, 2.24) is 4.90 Å². The Labute approximate surface area is 98.1 Å². The Bertz CT molecular complexity index is 282. The fraction of sp³-hybridized carbons (Fsp3) is 0.923. The Morgan fingerprint density at radius 2 is 2.00 bits per heavy atom. The fourth-order valence-electron chi connectivity index (χ4n) is 3.17. The van der Waals surface area contributed by atoms with Crippen LogP contribution in [-0.2, 0) is 4.74 Å². The summed E-state index contributed by atoms with van der Waals surface area (Å²) in [6.45, 7) is 7.93. The summed E-state index contributed by atoms with van der Waals surface area (Å²) in [6, 6.07) is 0.801. The average molecular weight is 225 g/mol. The van der Waals surface area contributed by atoms with Crippen LogP contribution in [0.1, 0.15) is 53.4 Å². The molecule has 0 aromatic heterocycles. The topological polar surface area (TPSA) is 29.5 Å². The number of amides is 1. The first kappa shape index (κ1) is 11.7. The molecule has 16 heavy (non-hydrogen) atoms. The molecule has 0 aromatic carbocycles. The lowest BCUT2D eigenvalue weighted by Crippen LogP contribution is -2.43. The number of nitrogens with zero attached hydrogens (tertiary/aromatic N) is 1. The van der Waals surface area contributed by atoms with Crippen molar-refractivity contribution in [1.29, 1.82) is 0 Å². The largest absolute Gasteiger partial charge is 0.444 e. The molecule has 2 rings (SSSR count). The molecule has 2 aliphatic rings. The fourth-order valence-corrected chi connectivity index (χ4v) is 3.17. The number of hydrogen-bond acceptors (Lipinski definition) is 2. The quantitative estimate of drug-likeness (QED) is 0.633. The number of rotatable bonds is 0. The summed E-state index contributed by atoms with van der Waals surface area (Å²) in [5.74, 6) is 0.725. The molecular formula is C13H23NO2. The first-order chi connectivity index (χ1) is 7.38. The number of carbonyl (C=O) groups excluding carboxylic acids is 1. The SMILES string of the molecule is CC1CC2CCCC2N1C(=O)OC(C)(C)C. The molecule has 3 nitrogen and oxygen atoms in total. The van der Waals surface area contributed by atoms with Crippen molar-refractivity contribution < 1.29 is 9.53 Å². The molecule has 0 N–H and O–H groups in total. The Hall–Kier alpha value is -0.730. The van der Waals surface area contributed by atoms with Crippen LogP contribution >= 0.6 is 0 Å². The van der Waals surface area contributed by atoms with Gasteiger partial charge in [0.2, 0.25) is 0 Å². The number of carbonyl (C=O) groups is 1. The van der Waals surface area contributed by atoms with Crippen LogP contribution in [0.2, 0.25) is 0 Å². The highest BCUT2D eigenvalue weighted by molar-refractivity contribution is 5.69. The second-order valence-electron chi connectivity index (χ2n) is 6.23. The van der Waals surface area contributed by atoms with Gasteiger partial charge in [-0.2, -0.15) is 0 Å². The van der Waals surface area contributed by atoms with Gasteiger partial charge in [-0.1, -0.05) is 6.42 Å². The van der Waals surface area contributed by atoms with E-state index in [4.69, 9.17) is 4.74 Å². The van der Waals surface area contributed by atoms with Crippen molar-refractivity contribution in [2.75, 3.05) is 0 Å². The van der Waals surface area contributed by atoms with Crippen molar-refractivity contribution >= 4 is 6.09 Å². The molecular weight excluding hydrogens is 202 g/mol. The molecule has 3 atom stereocenters. The van der Waals surface area contributed by atoms with E-state index in [0.29, 0.717) is 12.1 Å². The van der Waals surface area contributed by atoms with Gasteiger partial charge in [-0.3, -0.25) is 0 Å². The highest BCUT2D eigenvalue weighted by Gasteiger charge is 2.45. The zero-order valence-electron chi connectivity index (χ0n) is 10.8. The van der Waals surface area contributed by atoms with E-state index >= 15 is 0 Å². The van der Waals surface area contributed by atoms with Crippen LogP contribution in [0, 0.1) is 5.92 Å². The van der Waals surface area contributed by atoms with Gasteiger partial charge in [0.25, 0.3) is 0 Å². The van der Waals surface area contributed by atoms with Crippen molar-refractivity contribution in [2.45, 2.75) is 71.1 Å². The minimum Gasteiger partial charge on any atom is -0.444 e. The van der Waals surface area contributed by atoms with Crippen LogP contribution in [0.5, 0.6) is 0 Å². The van der Waals surface area contributed by atoms with Crippen molar-refractivity contribution in [3.8, 4) is 0 Å². The molecule has 1 amide bonds. The van der Waals surface area contributed by atoms with Crippen LogP contribution in [0.15, 0.2) is 0 Å². The summed E-state index contributed by atoms with van der Waals surface area (Å²) in [7, 11) is 0. The molecule has 1 saturated heterocycles. The van der Waals surface area contributed by atoms with Gasteiger partial charge in [-0.25, -0.2) is 4.79 Å². The summed E-state index contributed by atoms with van der Waals surface area (Å²) in [5.41, 5.74) is -0.381. The number of likely N-dealkylation sites (tertiary alicyclic amines) is 1. The van der Waals surface area contributed by atoms with Gasteiger partial charge < -0.3 is 9.64 Å². The lowest BCUT2D eigenvalue weighted by atomic mass is 10.0. The highest BCUT2D eigenvalue weighted by atomic mass is 16.6. The predicted molar refractivity (Wildman–Crippen MR) is 63.3 cm³/mol. The predicted octanol–water partition coefficient (Wildman–Crippen LogP) is 3.18. The summed E-state index contributed by atoms with van der Waals surface area (Å²) < 4.78 is 5.49. The third-order valence-electron chi connectivity index (χ3n) is 3.70. The van der Waals surface area contributed by atoms with Gasteiger partial charge >= 0.3 is 6.09 Å². The first-order valence-electron chi connectivity index (χ1n) is 6.40. The summed E-state index contributed by atoms with van der Waals surface area (Å²) in [6.07, 6.45) is 4.75. The molecule has 1 aliphatic carbocycles. The van der Waals surface area contributed by atoms with E-state index in [1.807, 2.05) is 25.7 Å². The molecule has 1 heterocycles. The van der Waals surface area contributed by atoms with E-state index in [0.717, 1.165) is 18.8 Å². The molecule has 1 aliphatic heterocycles. The number of hydrogen-bond donors (Lipinski definition) is 0. The summed E-state index contributed by atoms with van der Waals surface area (Å²) in [4.78, 5) is 14.1. The van der Waals surface area contributed by atoms with Gasteiger partial charge in [-0.05, 0) is 52.9 Å². The van der Waals surface area contributed by atoms with Crippen LogP contribution in [-0.4, -0.2) is 28.7 Å². The molecule has 0 radical (unpaired) electrons. The smallest absolute Gasteiger partial charge is 0.410 e. The zero-order chi connectivity index (χ0) is 11.9. The van der Waals surface area contributed by atoms with E-state index in [2.05, 4.69) is 6.92 Å². The number of fused-ring (bicyclic) bond motifs is 1. The maximum atomic E-state index is 12.1. The monoisotopic (exact) mass is 225 g/mol. The average Bonchev–Trinajstić information content (AvgIpc) is 2.58. The van der Waals surface area contributed by atoms with Crippen molar-refractivity contribution in [3.63, 3.8) is 0 Å². The Balaban J connectivity index is 2.05. The molecule has 1 saturated carbocycles. The van der Waals surface area contributed by atoms with E-state index in [9.17, 15) is 4.79 Å². The minimum atomic E-state index is -0.381. The van der Waals surface area contributed by atoms with Crippen molar-refractivity contribution in [3.05, 3.63) is 0 Å². The van der Waals surface area contributed by atoms with Gasteiger partial charge in [0.1, 0.15) is 5.60 Å². The molecule has 0 bridgehead atoms. The second-order valence-corrected chi connectivity index (χ2v) is 6.23. The van der Waals surface area contributed by atoms with Gasteiger partial charge in [-0.15, -0.1) is 0 Å². The Kier molecular flexibility index (Phi) is 2.89. The van der Waals surface area contributed by atoms with Crippen LogP contribution in [0.25, 0.3) is 0 Å². The Morgan fingerprint density at radius 1 is 1.31 bits per heavy atom. The van der Waals surface area contributed by atoms with Gasteiger partial charge in [0.15, 0.2) is 0 Å². The van der Waals surface area contributed by atoms with E-state index < -0.39 is 0 Å². The maximum Gasteiger partial charge on any atom is 0.410 e. The van der Waals surface area contributed by atoms with Gasteiger partial charge in [0.05, 0.1) is 0 Å². The molecule has 2 fully saturated rings. The standard InChI is InChI=1S/C13H23NO2/c1-9-8-10-6-5-7-11(10)14(9)12(15)16-13(2,3)4/h9-11H,5-8H2,1-4H3. The lowest BCUT2D eigenvalue weighted by Gasteiger charge is -2.30. The van der Waals surface area contributed by atoms with Crippen molar-refractivity contribution in [2.24, 2.45) is 5.92 Å². The molecule has 92 valence electrons. The molecule has 0 spiro atoms. The Morgan fingerprint density at radius 3 is 2.62 bits per heavy atom. The zero-order valence-corrected chi connectivity index (χ0v) is 10.8. The normalized spacial score (nSPS) is 34.0. The third kappa shape index (κ3) is 2.18. The van der Waals surface area contributed by atoms with E-state index in [1.54, 1.807) is 0 Å². The van der Waals surface area contributed by atoms with Crippen LogP contribution in [0.3, 0.4) is 0 Å². The maximum absolute atomic E-state index is 12.1.